The minimum Gasteiger partial charge on any atom is -0.354 e. The van der Waals surface area contributed by atoms with Crippen LogP contribution >= 0.6 is 12.6 Å². The van der Waals surface area contributed by atoms with Crippen molar-refractivity contribution < 1.29 is 8.42 Å². The first-order chi connectivity index (χ1) is 18.9. The maximum atomic E-state index is 13.4. The van der Waals surface area contributed by atoms with Gasteiger partial charge < -0.3 is 10.2 Å². The average Bonchev–Trinajstić information content (AvgIpc) is 3.14. The zero-order valence-corrected chi connectivity index (χ0v) is 24.8. The number of unbranched alkanes of at least 4 members (excludes halogenated alkanes) is 1. The molecule has 0 amide bonds. The molecule has 3 heterocycles. The summed E-state index contributed by atoms with van der Waals surface area (Å²) in [5.74, 6) is 0.618. The van der Waals surface area contributed by atoms with E-state index in [9.17, 15) is 8.42 Å². The summed E-state index contributed by atoms with van der Waals surface area (Å²) in [7, 11) is -3.55. The maximum Gasteiger partial charge on any atom is 0.243 e. The molecule has 1 aromatic carbocycles. The molecule has 5 rings (SSSR count). The van der Waals surface area contributed by atoms with E-state index in [4.69, 9.17) is 10.1 Å². The Labute approximate surface area is 237 Å². The number of sulfonamides is 1. The van der Waals surface area contributed by atoms with E-state index in [1.165, 1.54) is 0 Å². The monoisotopic (exact) mass is 571 g/mol. The number of hydrogen-bond donors (Lipinski definition) is 2. The van der Waals surface area contributed by atoms with Crippen LogP contribution in [0.25, 0.3) is 22.3 Å². The topological polar surface area (TPSA) is 96.3 Å². The lowest BCUT2D eigenvalue weighted by Gasteiger charge is -2.26. The molecule has 1 saturated heterocycles. The molecule has 0 radical (unpaired) electrons. The molecular weight excluding hydrogens is 530 g/mol. The van der Waals surface area contributed by atoms with Gasteiger partial charge in [-0.05, 0) is 63.7 Å². The van der Waals surface area contributed by atoms with Gasteiger partial charge in [-0.25, -0.2) is 18.1 Å². The van der Waals surface area contributed by atoms with Crippen molar-refractivity contribution >= 4 is 39.6 Å². The lowest BCUT2D eigenvalue weighted by molar-refractivity contribution is 0.302. The van der Waals surface area contributed by atoms with Gasteiger partial charge in [-0.15, -0.1) is 0 Å². The summed E-state index contributed by atoms with van der Waals surface area (Å²) in [6.45, 7) is 8.83. The van der Waals surface area contributed by atoms with Crippen molar-refractivity contribution in [2.45, 2.75) is 75.0 Å². The third-order valence-electron chi connectivity index (χ3n) is 8.03. The molecule has 3 aromatic rings. The number of fused-ring (bicyclic) bond motifs is 1. The summed E-state index contributed by atoms with van der Waals surface area (Å²) in [5, 5.41) is 9.71. The van der Waals surface area contributed by atoms with Crippen molar-refractivity contribution in [3.05, 3.63) is 30.5 Å². The normalized spacial score (nSPS) is 21.7. The summed E-state index contributed by atoms with van der Waals surface area (Å²) in [4.78, 5) is 12.1. The lowest BCUT2D eigenvalue weighted by atomic mass is 9.95. The predicted molar refractivity (Wildman–Crippen MR) is 160 cm³/mol. The van der Waals surface area contributed by atoms with Crippen LogP contribution in [-0.2, 0) is 10.0 Å². The van der Waals surface area contributed by atoms with E-state index in [-0.39, 0.29) is 6.04 Å². The van der Waals surface area contributed by atoms with Gasteiger partial charge in [0, 0.05) is 43.2 Å². The van der Waals surface area contributed by atoms with E-state index < -0.39 is 10.0 Å². The number of anilines is 1. The number of rotatable bonds is 9. The molecule has 2 fully saturated rings. The first-order valence-corrected chi connectivity index (χ1v) is 16.4. The van der Waals surface area contributed by atoms with Gasteiger partial charge in [0.15, 0.2) is 5.65 Å². The van der Waals surface area contributed by atoms with Gasteiger partial charge in [0.05, 0.1) is 16.3 Å². The zero-order chi connectivity index (χ0) is 27.4. The lowest BCUT2D eigenvalue weighted by Crippen LogP contribution is -2.35. The van der Waals surface area contributed by atoms with Crippen LogP contribution in [0.5, 0.6) is 0 Å². The minimum atomic E-state index is -3.55. The Morgan fingerprint density at radius 2 is 1.79 bits per heavy atom. The van der Waals surface area contributed by atoms with E-state index in [0.29, 0.717) is 29.2 Å². The number of nitrogens with zero attached hydrogens (tertiary/aromatic N) is 6. The fraction of sp³-hybridized carbons (Fsp3) is 0.607. The predicted octanol–water partition coefficient (Wildman–Crippen LogP) is 4.84. The second kappa shape index (κ2) is 12.5. The van der Waals surface area contributed by atoms with Crippen molar-refractivity contribution in [1.29, 1.82) is 0 Å². The van der Waals surface area contributed by atoms with Gasteiger partial charge in [-0.1, -0.05) is 32.4 Å². The maximum absolute atomic E-state index is 13.4. The molecule has 11 heteroatoms. The van der Waals surface area contributed by atoms with Crippen LogP contribution in [0.3, 0.4) is 0 Å². The largest absolute Gasteiger partial charge is 0.354 e. The summed E-state index contributed by atoms with van der Waals surface area (Å²) < 4.78 is 30.6. The summed E-state index contributed by atoms with van der Waals surface area (Å²) >= 11 is 4.68. The molecule has 2 aliphatic rings. The fourth-order valence-electron chi connectivity index (χ4n) is 5.59. The van der Waals surface area contributed by atoms with E-state index in [2.05, 4.69) is 46.4 Å². The van der Waals surface area contributed by atoms with Crippen LogP contribution < -0.4 is 5.32 Å². The fourth-order valence-corrected chi connectivity index (χ4v) is 7.36. The minimum absolute atomic E-state index is 0.258. The van der Waals surface area contributed by atoms with E-state index in [1.54, 1.807) is 16.4 Å². The summed E-state index contributed by atoms with van der Waals surface area (Å²) in [5.41, 5.74) is 2.47. The van der Waals surface area contributed by atoms with Gasteiger partial charge in [0.25, 0.3) is 0 Å². The second-order valence-corrected chi connectivity index (χ2v) is 13.4. The van der Waals surface area contributed by atoms with Crippen LogP contribution in [0.1, 0.15) is 64.8 Å². The molecule has 1 aliphatic carbocycles. The van der Waals surface area contributed by atoms with Crippen molar-refractivity contribution in [3.63, 3.8) is 0 Å². The van der Waals surface area contributed by atoms with Crippen molar-refractivity contribution in [3.8, 4) is 11.3 Å². The van der Waals surface area contributed by atoms with Gasteiger partial charge in [0.2, 0.25) is 16.0 Å². The van der Waals surface area contributed by atoms with Crippen molar-refractivity contribution in [2.75, 3.05) is 44.6 Å². The molecule has 1 aliphatic heterocycles. The summed E-state index contributed by atoms with van der Waals surface area (Å²) in [6.07, 6.45) is 8.98. The Hall–Kier alpha value is -2.21. The van der Waals surface area contributed by atoms with Gasteiger partial charge in [-0.2, -0.15) is 27.0 Å². The molecule has 1 saturated carbocycles. The van der Waals surface area contributed by atoms with Crippen LogP contribution in [0.15, 0.2) is 35.4 Å². The number of likely N-dealkylation sites (N-methyl/N-ethyl adjacent to an activating group) is 1. The number of thiol groups is 1. The van der Waals surface area contributed by atoms with E-state index in [1.807, 2.05) is 18.3 Å². The number of benzene rings is 1. The van der Waals surface area contributed by atoms with E-state index >= 15 is 0 Å². The Kier molecular flexibility index (Phi) is 9.10. The third kappa shape index (κ3) is 6.26. The molecule has 0 atom stereocenters. The molecule has 39 heavy (non-hydrogen) atoms. The first-order valence-electron chi connectivity index (χ1n) is 14.4. The molecule has 212 valence electrons. The van der Waals surface area contributed by atoms with Crippen LogP contribution in [0, 0.1) is 0 Å². The molecule has 0 unspecified atom stereocenters. The molecular formula is C28H41N7O2S2. The van der Waals surface area contributed by atoms with Crippen molar-refractivity contribution in [1.82, 2.24) is 29.0 Å². The molecule has 2 aromatic heterocycles. The molecule has 9 nitrogen and oxygen atoms in total. The van der Waals surface area contributed by atoms with Crippen LogP contribution in [0.4, 0.5) is 5.95 Å². The molecule has 0 spiro atoms. The van der Waals surface area contributed by atoms with Gasteiger partial charge in [0.1, 0.15) is 5.69 Å². The molecule has 1 N–H and O–H groups in total. The standard InChI is InChI=1S/C28H41N7O2S2/c1-3-5-15-29-28-30-20-25-26(32-35(27(25)31-28)22-9-11-23(38)12-10-22)21-7-13-24(14-8-21)39(36,37)34-17-6-16-33(4-2)18-19-34/h7-8,13-14,20,22-23,38H,3-6,9-12,15-19H2,1-2H3,(H,29,30,31). The highest BCUT2D eigenvalue weighted by Crippen LogP contribution is 2.36. The SMILES string of the molecule is CCCCNc1ncc2c(-c3ccc(S(=O)(=O)N4CCCN(CC)CC4)cc3)nn(C3CCC(S)CC3)c2n1. The smallest absolute Gasteiger partial charge is 0.243 e. The Morgan fingerprint density at radius 1 is 1.03 bits per heavy atom. The Balaban J connectivity index is 1.45. The quantitative estimate of drug-likeness (QED) is 0.280. The Bertz CT molecular complexity index is 1350. The number of hydrogen-bond acceptors (Lipinski definition) is 8. The van der Waals surface area contributed by atoms with Crippen LogP contribution in [-0.4, -0.2) is 81.9 Å². The highest BCUT2D eigenvalue weighted by molar-refractivity contribution is 7.89. The van der Waals surface area contributed by atoms with Crippen molar-refractivity contribution in [2.24, 2.45) is 0 Å². The first kappa shape index (κ1) is 28.3. The number of aromatic nitrogens is 4. The average molecular weight is 572 g/mol. The Morgan fingerprint density at radius 3 is 2.51 bits per heavy atom. The second-order valence-electron chi connectivity index (χ2n) is 10.7. The van der Waals surface area contributed by atoms with Gasteiger partial charge >= 0.3 is 0 Å². The van der Waals surface area contributed by atoms with Crippen LogP contribution in [0.2, 0.25) is 0 Å². The zero-order valence-electron chi connectivity index (χ0n) is 23.1. The third-order valence-corrected chi connectivity index (χ3v) is 10.5. The van der Waals surface area contributed by atoms with Gasteiger partial charge in [-0.3, -0.25) is 0 Å². The number of nitrogens with one attached hydrogen (secondary N) is 1. The molecule has 0 bridgehead atoms. The summed E-state index contributed by atoms with van der Waals surface area (Å²) in [6, 6.07) is 7.42. The highest BCUT2D eigenvalue weighted by atomic mass is 32.2. The van der Waals surface area contributed by atoms with E-state index in [0.717, 1.165) is 93.4 Å². The highest BCUT2D eigenvalue weighted by Gasteiger charge is 2.28.